The first kappa shape index (κ1) is 55.4. The van der Waals surface area contributed by atoms with Crippen LogP contribution >= 0.6 is 7.82 Å². The molecule has 0 spiro atoms. The van der Waals surface area contributed by atoms with Crippen LogP contribution < -0.4 is 5.73 Å². The lowest BCUT2D eigenvalue weighted by Crippen LogP contribution is -2.34. The summed E-state index contributed by atoms with van der Waals surface area (Å²) in [5, 5.41) is 8.89. The van der Waals surface area contributed by atoms with Crippen LogP contribution in [0.4, 0.5) is 0 Å². The molecule has 0 radical (unpaired) electrons. The number of aliphatic carboxylic acids is 1. The van der Waals surface area contributed by atoms with Gasteiger partial charge in [-0.05, 0) is 70.6 Å². The first-order valence-corrected chi connectivity index (χ1v) is 24.2. The van der Waals surface area contributed by atoms with Gasteiger partial charge in [0.05, 0.1) is 13.2 Å². The lowest BCUT2D eigenvalue weighted by molar-refractivity contribution is -0.161. The van der Waals surface area contributed by atoms with E-state index in [1.54, 1.807) is 0 Å². The third-order valence-corrected chi connectivity index (χ3v) is 10.5. The molecule has 0 aromatic heterocycles. The molecule has 0 aromatic rings. The van der Waals surface area contributed by atoms with Crippen molar-refractivity contribution in [2.24, 2.45) is 5.73 Å². The summed E-state index contributed by atoms with van der Waals surface area (Å²) in [7, 11) is -4.72. The van der Waals surface area contributed by atoms with E-state index >= 15 is 0 Å². The van der Waals surface area contributed by atoms with Crippen molar-refractivity contribution >= 4 is 25.7 Å². The van der Waals surface area contributed by atoms with Crippen LogP contribution in [0.2, 0.25) is 0 Å². The second kappa shape index (κ2) is 41.2. The number of ether oxygens (including phenoxy) is 2. The van der Waals surface area contributed by atoms with Crippen LogP contribution in [0.25, 0.3) is 0 Å². The van der Waals surface area contributed by atoms with E-state index in [-0.39, 0.29) is 19.4 Å². The molecule has 0 aromatic carbocycles. The number of carboxylic acids is 1. The molecule has 4 N–H and O–H groups in total. The van der Waals surface area contributed by atoms with Crippen LogP contribution in [0.3, 0.4) is 0 Å². The van der Waals surface area contributed by atoms with Crippen LogP contribution in [0.15, 0.2) is 48.6 Å². The van der Waals surface area contributed by atoms with Crippen molar-refractivity contribution in [2.75, 3.05) is 19.8 Å². The number of hydrogen-bond donors (Lipinski definition) is 3. The normalized spacial score (nSPS) is 14.1. The minimum absolute atomic E-state index is 0.152. The van der Waals surface area contributed by atoms with E-state index in [0.29, 0.717) is 12.8 Å². The molecule has 3 atom stereocenters. The molecule has 0 saturated carbocycles. The van der Waals surface area contributed by atoms with Crippen molar-refractivity contribution in [3.05, 3.63) is 48.6 Å². The zero-order valence-electron chi connectivity index (χ0n) is 36.4. The first-order valence-electron chi connectivity index (χ1n) is 22.7. The third-order valence-electron chi connectivity index (χ3n) is 9.53. The summed E-state index contributed by atoms with van der Waals surface area (Å²) in [4.78, 5) is 46.0. The predicted octanol–water partition coefficient (Wildman–Crippen LogP) is 12.2. The third kappa shape index (κ3) is 40.2. The molecule has 12 heteroatoms. The van der Waals surface area contributed by atoms with Gasteiger partial charge in [-0.1, -0.05) is 159 Å². The van der Waals surface area contributed by atoms with Crippen molar-refractivity contribution in [1.82, 2.24) is 0 Å². The predicted molar refractivity (Wildman–Crippen MR) is 235 cm³/mol. The van der Waals surface area contributed by atoms with E-state index < -0.39 is 51.1 Å². The summed E-state index contributed by atoms with van der Waals surface area (Å²) in [5.41, 5.74) is 5.33. The molecule has 0 aliphatic carbocycles. The van der Waals surface area contributed by atoms with Crippen molar-refractivity contribution in [1.29, 1.82) is 0 Å². The number of unbranched alkanes of at least 4 members (excludes halogenated alkanes) is 20. The second-order valence-electron chi connectivity index (χ2n) is 15.2. The zero-order valence-corrected chi connectivity index (χ0v) is 37.3. The Balaban J connectivity index is 4.32. The molecular weight excluding hydrogens is 757 g/mol. The standard InChI is InChI=1S/C46H82NO10P/c1-3-5-7-9-11-13-15-17-18-19-20-21-22-23-24-26-28-30-32-34-36-38-45(49)57-42(40-55-58(52,53)56-41-43(47)46(50)51)39-54-44(48)37-35-33-31-29-27-25-16-14-12-10-8-6-4-2/h8,10,14-17,19-20,42-43H,3-7,9,11-13,18,21-41,47H2,1-2H3,(H,50,51)(H,52,53)/b10-8-,16-14-,17-15-,20-19-. The minimum atomic E-state index is -4.72. The Morgan fingerprint density at radius 1 is 0.534 bits per heavy atom. The number of hydrogen-bond acceptors (Lipinski definition) is 9. The van der Waals surface area contributed by atoms with Crippen LogP contribution in [-0.2, 0) is 37.5 Å². The Bertz CT molecular complexity index is 1170. The highest BCUT2D eigenvalue weighted by Gasteiger charge is 2.28. The van der Waals surface area contributed by atoms with Gasteiger partial charge in [-0.2, -0.15) is 0 Å². The average molecular weight is 840 g/mol. The van der Waals surface area contributed by atoms with Crippen LogP contribution in [0.1, 0.15) is 194 Å². The number of allylic oxidation sites excluding steroid dienone is 8. The van der Waals surface area contributed by atoms with Gasteiger partial charge in [0, 0.05) is 12.8 Å². The van der Waals surface area contributed by atoms with E-state index in [0.717, 1.165) is 77.0 Å². The van der Waals surface area contributed by atoms with Gasteiger partial charge in [0.25, 0.3) is 0 Å². The van der Waals surface area contributed by atoms with Gasteiger partial charge >= 0.3 is 25.7 Å². The molecule has 0 rings (SSSR count). The van der Waals surface area contributed by atoms with Crippen LogP contribution in [0, 0.1) is 0 Å². The van der Waals surface area contributed by atoms with Crippen LogP contribution in [0.5, 0.6) is 0 Å². The van der Waals surface area contributed by atoms with Crippen molar-refractivity contribution in [2.45, 2.75) is 206 Å². The van der Waals surface area contributed by atoms with Gasteiger partial charge in [0.1, 0.15) is 12.6 Å². The quantitative estimate of drug-likeness (QED) is 0.0231. The highest BCUT2D eigenvalue weighted by atomic mass is 31.2. The monoisotopic (exact) mass is 840 g/mol. The number of phosphoric ester groups is 1. The van der Waals surface area contributed by atoms with Gasteiger partial charge in [-0.3, -0.25) is 23.4 Å². The SMILES string of the molecule is CCC/C=C\C/C=C\CCCCCCCC(=O)OCC(COP(=O)(O)OCC(N)C(=O)O)OC(=O)CCCCCCCCCCC/C=C\C/C=C\CCCCCCC. The molecule has 0 aliphatic heterocycles. The molecule has 0 heterocycles. The minimum Gasteiger partial charge on any atom is -0.480 e. The summed E-state index contributed by atoms with van der Waals surface area (Å²) in [6.45, 7) is 2.71. The largest absolute Gasteiger partial charge is 0.480 e. The summed E-state index contributed by atoms with van der Waals surface area (Å²) in [5.74, 6) is -2.40. The van der Waals surface area contributed by atoms with Gasteiger partial charge in [-0.15, -0.1) is 0 Å². The lowest BCUT2D eigenvalue weighted by Gasteiger charge is -2.20. The number of carbonyl (C=O) groups excluding carboxylic acids is 2. The van der Waals surface area contributed by atoms with Crippen molar-refractivity contribution in [3.8, 4) is 0 Å². The Labute approximate surface area is 352 Å². The molecule has 336 valence electrons. The van der Waals surface area contributed by atoms with Gasteiger partial charge in [0.15, 0.2) is 6.10 Å². The van der Waals surface area contributed by atoms with Crippen molar-refractivity contribution < 1.29 is 47.5 Å². The van der Waals surface area contributed by atoms with Crippen molar-refractivity contribution in [3.63, 3.8) is 0 Å². The smallest absolute Gasteiger partial charge is 0.472 e. The maximum absolute atomic E-state index is 12.6. The fraction of sp³-hybridized carbons (Fsp3) is 0.761. The molecule has 0 fully saturated rings. The van der Waals surface area contributed by atoms with E-state index in [1.165, 1.54) is 77.0 Å². The highest BCUT2D eigenvalue weighted by Crippen LogP contribution is 2.43. The number of carboxylic acid groups (broad SMARTS) is 1. The molecule has 3 unspecified atom stereocenters. The van der Waals surface area contributed by atoms with E-state index in [1.807, 2.05) is 0 Å². The number of esters is 2. The molecule has 0 aliphatic rings. The van der Waals surface area contributed by atoms with Gasteiger partial charge < -0.3 is 25.2 Å². The lowest BCUT2D eigenvalue weighted by atomic mass is 10.1. The van der Waals surface area contributed by atoms with E-state index in [9.17, 15) is 23.8 Å². The average Bonchev–Trinajstić information content (AvgIpc) is 3.20. The van der Waals surface area contributed by atoms with Gasteiger partial charge in [0.2, 0.25) is 0 Å². The summed E-state index contributed by atoms with van der Waals surface area (Å²) >= 11 is 0. The molecule has 0 bridgehead atoms. The second-order valence-corrected chi connectivity index (χ2v) is 16.6. The Hall–Kier alpha value is -2.56. The number of phosphoric acid groups is 1. The molecular formula is C46H82NO10P. The Morgan fingerprint density at radius 2 is 0.948 bits per heavy atom. The van der Waals surface area contributed by atoms with E-state index in [2.05, 4.69) is 67.0 Å². The number of nitrogens with two attached hydrogens (primary N) is 1. The summed E-state index contributed by atoms with van der Waals surface area (Å²) < 4.78 is 32.7. The zero-order chi connectivity index (χ0) is 42.8. The molecule has 0 amide bonds. The molecule has 0 saturated heterocycles. The number of carbonyl (C=O) groups is 3. The van der Waals surface area contributed by atoms with E-state index in [4.69, 9.17) is 24.8 Å². The first-order chi connectivity index (χ1) is 28.1. The Kier molecular flexibility index (Phi) is 39.4. The van der Waals surface area contributed by atoms with Gasteiger partial charge in [-0.25, -0.2) is 4.57 Å². The topological polar surface area (TPSA) is 172 Å². The Morgan fingerprint density at radius 3 is 1.41 bits per heavy atom. The fourth-order valence-corrected chi connectivity index (χ4v) is 6.73. The summed E-state index contributed by atoms with van der Waals surface area (Å²) in [6, 6.07) is -1.52. The summed E-state index contributed by atoms with van der Waals surface area (Å²) in [6.07, 6.45) is 46.0. The number of rotatable bonds is 42. The fourth-order valence-electron chi connectivity index (χ4n) is 5.96. The molecule has 58 heavy (non-hydrogen) atoms. The maximum Gasteiger partial charge on any atom is 0.472 e. The molecule has 11 nitrogen and oxygen atoms in total. The maximum atomic E-state index is 12.6. The highest BCUT2D eigenvalue weighted by molar-refractivity contribution is 7.47. The van der Waals surface area contributed by atoms with Crippen LogP contribution in [-0.4, -0.2) is 59.9 Å².